The highest BCUT2D eigenvalue weighted by Crippen LogP contribution is 2.37. The molecule has 1 atom stereocenters. The molecule has 1 aromatic heterocycles. The van der Waals surface area contributed by atoms with Gasteiger partial charge in [0.25, 0.3) is 5.91 Å². The summed E-state index contributed by atoms with van der Waals surface area (Å²) in [7, 11) is 4.00. The maximum Gasteiger partial charge on any atom is 0.257 e. The summed E-state index contributed by atoms with van der Waals surface area (Å²) < 4.78 is 7.84. The molecule has 1 amide bonds. The molecule has 3 heterocycles. The molecule has 0 bridgehead atoms. The van der Waals surface area contributed by atoms with Gasteiger partial charge in [-0.2, -0.15) is 5.10 Å². The zero-order valence-electron chi connectivity index (χ0n) is 15.7. The number of carbonyl (C=O) groups is 1. The fourth-order valence-corrected chi connectivity index (χ4v) is 4.10. The first-order valence-corrected chi connectivity index (χ1v) is 9.13. The number of benzene rings is 1. The van der Waals surface area contributed by atoms with E-state index < -0.39 is 0 Å². The Morgan fingerprint density at radius 2 is 2.08 bits per heavy atom. The molecule has 2 aliphatic heterocycles. The Kier molecular flexibility index (Phi) is 4.32. The van der Waals surface area contributed by atoms with Crippen molar-refractivity contribution < 1.29 is 9.53 Å². The van der Waals surface area contributed by atoms with E-state index in [-0.39, 0.29) is 11.5 Å². The molecule has 2 fully saturated rings. The number of likely N-dealkylation sites (tertiary alicyclic amines) is 1. The predicted octanol–water partition coefficient (Wildman–Crippen LogP) is 1.84. The number of nitrogens with zero attached hydrogens (tertiary/aromatic N) is 4. The van der Waals surface area contributed by atoms with Gasteiger partial charge in [-0.25, -0.2) is 0 Å². The van der Waals surface area contributed by atoms with Crippen LogP contribution in [0.25, 0.3) is 0 Å². The van der Waals surface area contributed by atoms with Gasteiger partial charge in [0.1, 0.15) is 5.60 Å². The second-order valence-electron chi connectivity index (χ2n) is 7.72. The average Bonchev–Trinajstić information content (AvgIpc) is 3.17. The number of aromatic nitrogens is 2. The highest BCUT2D eigenvalue weighted by molar-refractivity contribution is 5.95. The van der Waals surface area contributed by atoms with Crippen LogP contribution in [0.5, 0.6) is 0 Å². The van der Waals surface area contributed by atoms with E-state index in [1.807, 2.05) is 24.9 Å². The molecule has 26 heavy (non-hydrogen) atoms. The molecule has 2 aliphatic rings. The molecule has 4 rings (SSSR count). The molecule has 1 unspecified atom stereocenters. The van der Waals surface area contributed by atoms with Crippen molar-refractivity contribution in [1.29, 1.82) is 0 Å². The minimum absolute atomic E-state index is 0.0610. The zero-order valence-corrected chi connectivity index (χ0v) is 15.7. The highest BCUT2D eigenvalue weighted by atomic mass is 16.5. The molecule has 0 N–H and O–H groups in total. The van der Waals surface area contributed by atoms with E-state index in [9.17, 15) is 4.79 Å². The number of aryl methyl sites for hydroxylation is 2. The maximum atomic E-state index is 12.7. The molecule has 0 aliphatic carbocycles. The Labute approximate surface area is 154 Å². The summed E-state index contributed by atoms with van der Waals surface area (Å²) in [5, 5.41) is 4.27. The fraction of sp³-hybridized carbons (Fsp3) is 0.500. The summed E-state index contributed by atoms with van der Waals surface area (Å²) in [5.74, 6) is 0.0610. The maximum absolute atomic E-state index is 12.7. The SMILES string of the molecule is Cc1nn(C)cc1C(=O)N1CC2(CC(N(C)Cc3ccccc3)CO2)C1. The first kappa shape index (κ1) is 17.2. The third kappa shape index (κ3) is 3.15. The van der Waals surface area contributed by atoms with Gasteiger partial charge < -0.3 is 9.64 Å². The predicted molar refractivity (Wildman–Crippen MR) is 98.8 cm³/mol. The summed E-state index contributed by atoms with van der Waals surface area (Å²) >= 11 is 0. The van der Waals surface area contributed by atoms with Crippen molar-refractivity contribution in [1.82, 2.24) is 19.6 Å². The van der Waals surface area contributed by atoms with Gasteiger partial charge in [-0.1, -0.05) is 30.3 Å². The Bertz CT molecular complexity index is 795. The van der Waals surface area contributed by atoms with E-state index in [1.54, 1.807) is 10.9 Å². The van der Waals surface area contributed by atoms with E-state index in [0.29, 0.717) is 24.7 Å². The molecule has 1 spiro atoms. The largest absolute Gasteiger partial charge is 0.370 e. The quantitative estimate of drug-likeness (QED) is 0.841. The van der Waals surface area contributed by atoms with Crippen LogP contribution in [0.3, 0.4) is 0 Å². The van der Waals surface area contributed by atoms with Gasteiger partial charge in [-0.05, 0) is 26.0 Å². The van der Waals surface area contributed by atoms with Gasteiger partial charge in [0.05, 0.1) is 31.0 Å². The lowest BCUT2D eigenvalue weighted by atomic mass is 9.88. The second kappa shape index (κ2) is 6.52. The fourth-order valence-electron chi connectivity index (χ4n) is 4.10. The molecule has 2 aromatic rings. The van der Waals surface area contributed by atoms with Crippen molar-refractivity contribution in [3.05, 3.63) is 53.3 Å². The lowest BCUT2D eigenvalue weighted by molar-refractivity contribution is -0.0950. The van der Waals surface area contributed by atoms with E-state index in [0.717, 1.165) is 25.3 Å². The highest BCUT2D eigenvalue weighted by Gasteiger charge is 2.52. The van der Waals surface area contributed by atoms with Crippen LogP contribution in [0.15, 0.2) is 36.5 Å². The molecule has 0 saturated carbocycles. The number of hydrogen-bond donors (Lipinski definition) is 0. The molecular weight excluding hydrogens is 328 g/mol. The number of rotatable bonds is 4. The third-order valence-corrected chi connectivity index (χ3v) is 5.58. The van der Waals surface area contributed by atoms with Crippen LogP contribution in [0.4, 0.5) is 0 Å². The summed E-state index contributed by atoms with van der Waals surface area (Å²) in [6, 6.07) is 10.9. The molecule has 1 aromatic carbocycles. The number of likely N-dealkylation sites (N-methyl/N-ethyl adjacent to an activating group) is 1. The van der Waals surface area contributed by atoms with E-state index in [1.165, 1.54) is 5.56 Å². The van der Waals surface area contributed by atoms with Crippen LogP contribution < -0.4 is 0 Å². The summed E-state index contributed by atoms with van der Waals surface area (Å²) in [5.41, 5.74) is 2.62. The van der Waals surface area contributed by atoms with Crippen molar-refractivity contribution in [2.45, 2.75) is 31.5 Å². The summed E-state index contributed by atoms with van der Waals surface area (Å²) in [6.45, 7) is 4.88. The Balaban J connectivity index is 1.33. The smallest absolute Gasteiger partial charge is 0.257 e. The van der Waals surface area contributed by atoms with Gasteiger partial charge in [0.2, 0.25) is 0 Å². The standard InChI is InChI=1S/C20H26N4O2/c1-15-18(11-23(3)21-15)19(25)24-13-20(14-24)9-17(12-26-20)22(2)10-16-7-5-4-6-8-16/h4-8,11,17H,9-10,12-14H2,1-3H3. The minimum Gasteiger partial charge on any atom is -0.370 e. The number of hydrogen-bond acceptors (Lipinski definition) is 4. The van der Waals surface area contributed by atoms with Gasteiger partial charge >= 0.3 is 0 Å². The van der Waals surface area contributed by atoms with Gasteiger partial charge in [0, 0.05) is 25.8 Å². The molecule has 2 saturated heterocycles. The molecule has 138 valence electrons. The Morgan fingerprint density at radius 3 is 2.73 bits per heavy atom. The van der Waals surface area contributed by atoms with E-state index in [2.05, 4.69) is 41.3 Å². The van der Waals surface area contributed by atoms with Crippen LogP contribution in [0.2, 0.25) is 0 Å². The summed E-state index contributed by atoms with van der Waals surface area (Å²) in [4.78, 5) is 16.9. The van der Waals surface area contributed by atoms with Crippen molar-refractivity contribution in [2.75, 3.05) is 26.7 Å². The van der Waals surface area contributed by atoms with Crippen LogP contribution >= 0.6 is 0 Å². The number of carbonyl (C=O) groups excluding carboxylic acids is 1. The van der Waals surface area contributed by atoms with Crippen molar-refractivity contribution in [3.63, 3.8) is 0 Å². The lowest BCUT2D eigenvalue weighted by Gasteiger charge is -2.47. The Hall–Kier alpha value is -2.18. The zero-order chi connectivity index (χ0) is 18.3. The van der Waals surface area contributed by atoms with Crippen molar-refractivity contribution in [2.24, 2.45) is 7.05 Å². The van der Waals surface area contributed by atoms with Crippen LogP contribution in [-0.2, 0) is 18.3 Å². The first-order valence-electron chi connectivity index (χ1n) is 9.13. The first-order chi connectivity index (χ1) is 12.5. The minimum atomic E-state index is -0.165. The molecule has 6 heteroatoms. The normalized spacial score (nSPS) is 21.4. The third-order valence-electron chi connectivity index (χ3n) is 5.58. The Morgan fingerprint density at radius 1 is 1.35 bits per heavy atom. The summed E-state index contributed by atoms with van der Waals surface area (Å²) in [6.07, 6.45) is 2.78. The van der Waals surface area contributed by atoms with Crippen LogP contribution in [0, 0.1) is 6.92 Å². The van der Waals surface area contributed by atoms with E-state index in [4.69, 9.17) is 4.74 Å². The van der Waals surface area contributed by atoms with Gasteiger partial charge in [-0.3, -0.25) is 14.4 Å². The lowest BCUT2D eigenvalue weighted by Crippen LogP contribution is -2.63. The van der Waals surface area contributed by atoms with Crippen molar-refractivity contribution in [3.8, 4) is 0 Å². The second-order valence-corrected chi connectivity index (χ2v) is 7.72. The van der Waals surface area contributed by atoms with Crippen molar-refractivity contribution >= 4 is 5.91 Å². The number of amides is 1. The van der Waals surface area contributed by atoms with Gasteiger partial charge in [-0.15, -0.1) is 0 Å². The van der Waals surface area contributed by atoms with Crippen LogP contribution in [-0.4, -0.2) is 63.9 Å². The number of ether oxygens (including phenoxy) is 1. The van der Waals surface area contributed by atoms with E-state index >= 15 is 0 Å². The topological polar surface area (TPSA) is 50.6 Å². The monoisotopic (exact) mass is 354 g/mol. The van der Waals surface area contributed by atoms with Crippen LogP contribution in [0.1, 0.15) is 28.0 Å². The molecule has 6 nitrogen and oxygen atoms in total. The van der Waals surface area contributed by atoms with Gasteiger partial charge in [0.15, 0.2) is 0 Å². The average molecular weight is 354 g/mol. The molecular formula is C20H26N4O2. The molecule has 0 radical (unpaired) electrons.